The molecule has 46 heavy (non-hydrogen) atoms. The van der Waals surface area contributed by atoms with Gasteiger partial charge in [-0.3, -0.25) is 0 Å². The zero-order valence-electron chi connectivity index (χ0n) is 28.3. The number of hydrogen-bond acceptors (Lipinski definition) is 0. The maximum Gasteiger partial charge on any atom is -0.00233 e. The van der Waals surface area contributed by atoms with Gasteiger partial charge >= 0.3 is 0 Å². The second-order valence-corrected chi connectivity index (χ2v) is 13.8. The Kier molecular flexibility index (Phi) is 8.81. The van der Waals surface area contributed by atoms with Crippen LogP contribution in [0.2, 0.25) is 0 Å². The highest BCUT2D eigenvalue weighted by molar-refractivity contribution is 6.34. The molecule has 0 spiro atoms. The van der Waals surface area contributed by atoms with Gasteiger partial charge in [0, 0.05) is 0 Å². The molecule has 0 aliphatic carbocycles. The fourth-order valence-corrected chi connectivity index (χ4v) is 7.70. The number of unbranched alkanes of at least 4 members (excludes halogenated alkanes) is 6. The molecular weight excluding hydrogens is 553 g/mol. The van der Waals surface area contributed by atoms with Gasteiger partial charge in [0.1, 0.15) is 0 Å². The molecule has 0 N–H and O–H groups in total. The molecule has 7 rings (SSSR count). The Bertz CT molecular complexity index is 1950. The average molecular weight is 601 g/mol. The van der Waals surface area contributed by atoms with Crippen molar-refractivity contribution in [3.05, 3.63) is 119 Å². The summed E-state index contributed by atoms with van der Waals surface area (Å²) < 4.78 is 0. The summed E-state index contributed by atoms with van der Waals surface area (Å²) >= 11 is 0. The van der Waals surface area contributed by atoms with Gasteiger partial charge in [-0.2, -0.15) is 0 Å². The van der Waals surface area contributed by atoms with E-state index in [2.05, 4.69) is 125 Å². The van der Waals surface area contributed by atoms with Gasteiger partial charge in [-0.15, -0.1) is 0 Å². The summed E-state index contributed by atoms with van der Waals surface area (Å²) in [5.41, 5.74) is 10.8. The number of rotatable bonds is 12. The fraction of sp³-hybridized carbons (Fsp3) is 0.304. The van der Waals surface area contributed by atoms with Crippen LogP contribution in [0.25, 0.3) is 65.3 Å². The summed E-state index contributed by atoms with van der Waals surface area (Å²) in [5.74, 6) is 0. The van der Waals surface area contributed by atoms with Crippen LogP contribution in [0, 0.1) is 13.8 Å². The van der Waals surface area contributed by atoms with Gasteiger partial charge < -0.3 is 0 Å². The average Bonchev–Trinajstić information content (AvgIpc) is 3.09. The standard InChI is InChI=1S/C46H48/c1-5-7-9-11-13-33-17-21-35(22-18-33)37-27-41-31(3)15-26-40-44-30-38(36-23-19-34(20-24-36)14-12-10-8-6-2)28-42-32(4)16-25-39(46(42)44)43(29-37)45(40)41/h15-30H,5-14H2,1-4H3. The van der Waals surface area contributed by atoms with Crippen LogP contribution in [0.4, 0.5) is 0 Å². The molecule has 0 aliphatic heterocycles. The van der Waals surface area contributed by atoms with E-state index in [1.165, 1.54) is 152 Å². The number of fused-ring (bicyclic) bond motifs is 2. The van der Waals surface area contributed by atoms with Crippen LogP contribution in [-0.4, -0.2) is 0 Å². The molecule has 0 aromatic heterocycles. The Labute approximate surface area is 275 Å². The summed E-state index contributed by atoms with van der Waals surface area (Å²) in [4.78, 5) is 0. The number of aryl methyl sites for hydroxylation is 4. The molecule has 0 unspecified atom stereocenters. The van der Waals surface area contributed by atoms with Crippen molar-refractivity contribution in [1.29, 1.82) is 0 Å². The molecule has 232 valence electrons. The highest BCUT2D eigenvalue weighted by Gasteiger charge is 2.18. The maximum absolute atomic E-state index is 2.46. The van der Waals surface area contributed by atoms with Crippen molar-refractivity contribution >= 4 is 43.1 Å². The first kappa shape index (κ1) is 30.5. The summed E-state index contributed by atoms with van der Waals surface area (Å²) in [7, 11) is 0. The largest absolute Gasteiger partial charge is 0.0654 e. The minimum atomic E-state index is 1.18. The Morgan fingerprint density at radius 1 is 0.348 bits per heavy atom. The SMILES string of the molecule is CCCCCCc1ccc(-c2cc3c(C)ccc4c5cc(-c6ccc(CCCCCC)cc6)cc6c(C)ccc(c(c2)c34)c65)cc1. The fourth-order valence-electron chi connectivity index (χ4n) is 7.70. The molecule has 0 bridgehead atoms. The quantitative estimate of drug-likeness (QED) is 0.0743. The van der Waals surface area contributed by atoms with Gasteiger partial charge in [-0.1, -0.05) is 125 Å². The van der Waals surface area contributed by atoms with Crippen molar-refractivity contribution in [2.45, 2.75) is 91.9 Å². The molecule has 0 fully saturated rings. The van der Waals surface area contributed by atoms with E-state index in [9.17, 15) is 0 Å². The van der Waals surface area contributed by atoms with Crippen LogP contribution in [0.3, 0.4) is 0 Å². The number of hydrogen-bond donors (Lipinski definition) is 0. The van der Waals surface area contributed by atoms with E-state index in [1.807, 2.05) is 0 Å². The van der Waals surface area contributed by atoms with Crippen molar-refractivity contribution < 1.29 is 0 Å². The first-order valence-electron chi connectivity index (χ1n) is 17.9. The summed E-state index contributed by atoms with van der Waals surface area (Å²) in [5, 5.41) is 11.0. The third kappa shape index (κ3) is 5.79. The van der Waals surface area contributed by atoms with Crippen LogP contribution in [-0.2, 0) is 12.8 Å². The van der Waals surface area contributed by atoms with Gasteiger partial charge in [0.2, 0.25) is 0 Å². The van der Waals surface area contributed by atoms with E-state index in [0.717, 1.165) is 0 Å². The van der Waals surface area contributed by atoms with Crippen LogP contribution < -0.4 is 0 Å². The molecule has 0 saturated carbocycles. The molecule has 7 aromatic rings. The minimum Gasteiger partial charge on any atom is -0.0654 e. The molecular formula is C46H48. The second-order valence-electron chi connectivity index (χ2n) is 13.8. The number of benzene rings is 7. The Balaban J connectivity index is 1.34. The van der Waals surface area contributed by atoms with Gasteiger partial charge in [-0.05, 0) is 151 Å². The van der Waals surface area contributed by atoms with E-state index >= 15 is 0 Å². The minimum absolute atomic E-state index is 1.18. The molecule has 0 heteroatoms. The molecule has 0 saturated heterocycles. The van der Waals surface area contributed by atoms with Crippen molar-refractivity contribution in [1.82, 2.24) is 0 Å². The van der Waals surface area contributed by atoms with Crippen LogP contribution >= 0.6 is 0 Å². The topological polar surface area (TPSA) is 0 Å². The molecule has 0 heterocycles. The molecule has 7 aromatic carbocycles. The normalized spacial score (nSPS) is 11.9. The first-order valence-corrected chi connectivity index (χ1v) is 17.9. The Hall–Kier alpha value is -4.16. The summed E-state index contributed by atoms with van der Waals surface area (Å²) in [6.45, 7) is 9.10. The highest BCUT2D eigenvalue weighted by atomic mass is 14.2. The molecule has 0 aliphatic rings. The smallest absolute Gasteiger partial charge is 0.00233 e. The predicted molar refractivity (Wildman–Crippen MR) is 204 cm³/mol. The monoisotopic (exact) mass is 600 g/mol. The van der Waals surface area contributed by atoms with Crippen molar-refractivity contribution in [3.63, 3.8) is 0 Å². The predicted octanol–water partition coefficient (Wildman–Crippen LogP) is 13.9. The van der Waals surface area contributed by atoms with Crippen LogP contribution in [0.1, 0.15) is 87.5 Å². The lowest BCUT2D eigenvalue weighted by atomic mass is 9.84. The Morgan fingerprint density at radius 3 is 1.13 bits per heavy atom. The van der Waals surface area contributed by atoms with Gasteiger partial charge in [0.15, 0.2) is 0 Å². The highest BCUT2D eigenvalue weighted by Crippen LogP contribution is 2.45. The van der Waals surface area contributed by atoms with E-state index in [0.29, 0.717) is 0 Å². The van der Waals surface area contributed by atoms with E-state index in [1.54, 1.807) is 0 Å². The molecule has 0 nitrogen and oxygen atoms in total. The Morgan fingerprint density at radius 2 is 0.739 bits per heavy atom. The van der Waals surface area contributed by atoms with E-state index in [4.69, 9.17) is 0 Å². The lowest BCUT2D eigenvalue weighted by Crippen LogP contribution is -1.93. The van der Waals surface area contributed by atoms with E-state index < -0.39 is 0 Å². The van der Waals surface area contributed by atoms with Gasteiger partial charge in [0.25, 0.3) is 0 Å². The zero-order valence-corrected chi connectivity index (χ0v) is 28.3. The van der Waals surface area contributed by atoms with Crippen LogP contribution in [0.5, 0.6) is 0 Å². The van der Waals surface area contributed by atoms with Gasteiger partial charge in [-0.25, -0.2) is 0 Å². The molecule has 0 radical (unpaired) electrons. The maximum atomic E-state index is 2.46. The zero-order chi connectivity index (χ0) is 31.6. The first-order chi connectivity index (χ1) is 22.6. The van der Waals surface area contributed by atoms with Gasteiger partial charge in [0.05, 0.1) is 0 Å². The van der Waals surface area contributed by atoms with E-state index in [-0.39, 0.29) is 0 Å². The van der Waals surface area contributed by atoms with Crippen LogP contribution in [0.15, 0.2) is 97.1 Å². The second kappa shape index (κ2) is 13.3. The van der Waals surface area contributed by atoms with Crippen molar-refractivity contribution in [2.24, 2.45) is 0 Å². The van der Waals surface area contributed by atoms with Crippen molar-refractivity contribution in [3.8, 4) is 22.3 Å². The summed E-state index contributed by atoms with van der Waals surface area (Å²) in [6.07, 6.45) is 12.8. The third-order valence-corrected chi connectivity index (χ3v) is 10.5. The summed E-state index contributed by atoms with van der Waals surface area (Å²) in [6, 6.07) is 38.0. The van der Waals surface area contributed by atoms with Crippen molar-refractivity contribution in [2.75, 3.05) is 0 Å². The molecule has 0 amide bonds. The third-order valence-electron chi connectivity index (χ3n) is 10.5. The molecule has 0 atom stereocenters. The lowest BCUT2D eigenvalue weighted by molar-refractivity contribution is 0.667. The lowest BCUT2D eigenvalue weighted by Gasteiger charge is -2.19.